The van der Waals surface area contributed by atoms with Crippen molar-refractivity contribution in [2.75, 3.05) is 0 Å². The van der Waals surface area contributed by atoms with Crippen LogP contribution in [0.4, 0.5) is 0 Å². The molecule has 0 saturated heterocycles. The van der Waals surface area contributed by atoms with Crippen LogP contribution in [-0.4, -0.2) is 13.4 Å². The molecule has 20 heavy (non-hydrogen) atoms. The molecular formula is C13H12Cl2N2O2S. The van der Waals surface area contributed by atoms with E-state index in [1.54, 1.807) is 37.4 Å². The van der Waals surface area contributed by atoms with Gasteiger partial charge in [0.15, 0.2) is 0 Å². The molecule has 0 aliphatic carbocycles. The number of pyridine rings is 1. The third-order valence-corrected chi connectivity index (χ3v) is 5.15. The molecule has 1 aromatic heterocycles. The average Bonchev–Trinajstić information content (AvgIpc) is 2.38. The third-order valence-electron chi connectivity index (χ3n) is 2.65. The Morgan fingerprint density at radius 1 is 1.10 bits per heavy atom. The van der Waals surface area contributed by atoms with Crippen molar-refractivity contribution in [3.8, 4) is 0 Å². The maximum atomic E-state index is 12.3. The highest BCUT2D eigenvalue weighted by Gasteiger charge is 2.24. The van der Waals surface area contributed by atoms with E-state index in [1.807, 2.05) is 0 Å². The summed E-state index contributed by atoms with van der Waals surface area (Å²) in [5.74, 6) is 0. The fourth-order valence-corrected chi connectivity index (χ4v) is 4.08. The van der Waals surface area contributed by atoms with Crippen molar-refractivity contribution in [3.05, 3.63) is 58.3 Å². The van der Waals surface area contributed by atoms with E-state index >= 15 is 0 Å². The normalized spacial score (nSPS) is 13.2. The van der Waals surface area contributed by atoms with Gasteiger partial charge >= 0.3 is 0 Å². The molecule has 1 N–H and O–H groups in total. The van der Waals surface area contributed by atoms with Crippen LogP contribution >= 0.6 is 23.2 Å². The monoisotopic (exact) mass is 330 g/mol. The summed E-state index contributed by atoms with van der Waals surface area (Å²) in [7, 11) is -3.82. The zero-order chi connectivity index (χ0) is 14.8. The Hall–Kier alpha value is -1.14. The quantitative estimate of drug-likeness (QED) is 0.934. The van der Waals surface area contributed by atoms with E-state index in [1.165, 1.54) is 12.1 Å². The number of aromatic nitrogens is 1. The van der Waals surface area contributed by atoms with Gasteiger partial charge in [-0.1, -0.05) is 35.3 Å². The van der Waals surface area contributed by atoms with Crippen LogP contribution in [0.3, 0.4) is 0 Å². The first-order valence-electron chi connectivity index (χ1n) is 5.79. The molecule has 0 bridgehead atoms. The molecular weight excluding hydrogens is 319 g/mol. The molecule has 1 heterocycles. The zero-order valence-electron chi connectivity index (χ0n) is 10.5. The highest BCUT2D eigenvalue weighted by Crippen LogP contribution is 2.29. The van der Waals surface area contributed by atoms with E-state index in [9.17, 15) is 8.42 Å². The van der Waals surface area contributed by atoms with Gasteiger partial charge in [-0.05, 0) is 31.2 Å². The van der Waals surface area contributed by atoms with Gasteiger partial charge < -0.3 is 0 Å². The SMILES string of the molecule is CC(NS(=O)(=O)c1c(Cl)cccc1Cl)c1ccccn1. The van der Waals surface area contributed by atoms with Gasteiger partial charge in [-0.15, -0.1) is 0 Å². The third kappa shape index (κ3) is 3.30. The van der Waals surface area contributed by atoms with Crippen LogP contribution in [0, 0.1) is 0 Å². The van der Waals surface area contributed by atoms with E-state index in [0.717, 1.165) is 0 Å². The van der Waals surface area contributed by atoms with Crippen LogP contribution in [0.15, 0.2) is 47.5 Å². The van der Waals surface area contributed by atoms with Crippen molar-refractivity contribution in [2.45, 2.75) is 17.9 Å². The summed E-state index contributed by atoms with van der Waals surface area (Å²) in [6, 6.07) is 9.34. The zero-order valence-corrected chi connectivity index (χ0v) is 12.9. The fraction of sp³-hybridized carbons (Fsp3) is 0.154. The minimum Gasteiger partial charge on any atom is -0.260 e. The Morgan fingerprint density at radius 2 is 1.75 bits per heavy atom. The van der Waals surface area contributed by atoms with Gasteiger partial charge in [-0.25, -0.2) is 13.1 Å². The Kier molecular flexibility index (Phi) is 4.65. The van der Waals surface area contributed by atoms with Gasteiger partial charge in [0.05, 0.1) is 21.8 Å². The fourth-order valence-electron chi connectivity index (χ4n) is 1.72. The molecule has 0 fully saturated rings. The largest absolute Gasteiger partial charge is 0.260 e. The van der Waals surface area contributed by atoms with Crippen LogP contribution in [0.25, 0.3) is 0 Å². The van der Waals surface area contributed by atoms with Crippen LogP contribution in [0.2, 0.25) is 10.0 Å². The van der Waals surface area contributed by atoms with Gasteiger partial charge in [-0.3, -0.25) is 4.98 Å². The highest BCUT2D eigenvalue weighted by molar-refractivity contribution is 7.89. The van der Waals surface area contributed by atoms with Crippen LogP contribution in [-0.2, 0) is 10.0 Å². The van der Waals surface area contributed by atoms with Crippen LogP contribution < -0.4 is 4.72 Å². The molecule has 0 radical (unpaired) electrons. The molecule has 0 aliphatic heterocycles. The Bertz CT molecular complexity index is 685. The topological polar surface area (TPSA) is 59.1 Å². The average molecular weight is 331 g/mol. The van der Waals surface area contributed by atoms with Crippen molar-refractivity contribution in [2.24, 2.45) is 0 Å². The maximum Gasteiger partial charge on any atom is 0.244 e. The molecule has 2 aromatic rings. The highest BCUT2D eigenvalue weighted by atomic mass is 35.5. The number of nitrogens with zero attached hydrogens (tertiary/aromatic N) is 1. The molecule has 106 valence electrons. The predicted octanol–water partition coefficient (Wildman–Crippen LogP) is 3.43. The summed E-state index contributed by atoms with van der Waals surface area (Å²) in [5, 5.41) is 0.163. The van der Waals surface area contributed by atoms with Crippen molar-refractivity contribution in [3.63, 3.8) is 0 Å². The Morgan fingerprint density at radius 3 is 2.30 bits per heavy atom. The molecule has 4 nitrogen and oxygen atoms in total. The van der Waals surface area contributed by atoms with Gasteiger partial charge in [0.2, 0.25) is 10.0 Å². The minimum atomic E-state index is -3.82. The summed E-state index contributed by atoms with van der Waals surface area (Å²) in [5.41, 5.74) is 0.610. The summed E-state index contributed by atoms with van der Waals surface area (Å²) < 4.78 is 27.2. The van der Waals surface area contributed by atoms with Crippen LogP contribution in [0.1, 0.15) is 18.7 Å². The van der Waals surface area contributed by atoms with Crippen LogP contribution in [0.5, 0.6) is 0 Å². The van der Waals surface area contributed by atoms with E-state index in [2.05, 4.69) is 9.71 Å². The second-order valence-electron chi connectivity index (χ2n) is 4.15. The summed E-state index contributed by atoms with van der Waals surface area (Å²) in [6.45, 7) is 1.70. The molecule has 7 heteroatoms. The molecule has 0 aliphatic rings. The second kappa shape index (κ2) is 6.10. The lowest BCUT2D eigenvalue weighted by atomic mass is 10.2. The Labute approximate surface area is 127 Å². The lowest BCUT2D eigenvalue weighted by Gasteiger charge is -2.15. The number of halogens is 2. The first-order valence-corrected chi connectivity index (χ1v) is 8.03. The van der Waals surface area contributed by atoms with Crippen molar-refractivity contribution < 1.29 is 8.42 Å². The van der Waals surface area contributed by atoms with Crippen molar-refractivity contribution in [1.82, 2.24) is 9.71 Å². The number of rotatable bonds is 4. The summed E-state index contributed by atoms with van der Waals surface area (Å²) >= 11 is 11.8. The number of nitrogens with one attached hydrogen (secondary N) is 1. The molecule has 2 rings (SSSR count). The lowest BCUT2D eigenvalue weighted by molar-refractivity contribution is 0.564. The number of sulfonamides is 1. The number of benzene rings is 1. The second-order valence-corrected chi connectivity index (χ2v) is 6.61. The first kappa shape index (κ1) is 15.3. The number of hydrogen-bond acceptors (Lipinski definition) is 3. The van der Waals surface area contributed by atoms with Crippen molar-refractivity contribution in [1.29, 1.82) is 0 Å². The van der Waals surface area contributed by atoms with E-state index in [-0.39, 0.29) is 14.9 Å². The van der Waals surface area contributed by atoms with Gasteiger partial charge in [0, 0.05) is 6.20 Å². The molecule has 0 spiro atoms. The van der Waals surface area contributed by atoms with E-state index in [4.69, 9.17) is 23.2 Å². The van der Waals surface area contributed by atoms with Gasteiger partial charge in [0.25, 0.3) is 0 Å². The Balaban J connectivity index is 2.33. The molecule has 1 aromatic carbocycles. The standard InChI is InChI=1S/C13H12Cl2N2O2S/c1-9(12-7-2-3-8-16-12)17-20(18,19)13-10(14)5-4-6-11(13)15/h2-9,17H,1H3. The molecule has 1 atom stereocenters. The molecule has 0 amide bonds. The summed E-state index contributed by atoms with van der Waals surface area (Å²) in [4.78, 5) is 3.99. The van der Waals surface area contributed by atoms with E-state index < -0.39 is 16.1 Å². The molecule has 0 saturated carbocycles. The maximum absolute atomic E-state index is 12.3. The predicted molar refractivity (Wildman–Crippen MR) is 79.4 cm³/mol. The number of hydrogen-bond donors (Lipinski definition) is 1. The van der Waals surface area contributed by atoms with Gasteiger partial charge in [-0.2, -0.15) is 0 Å². The smallest absolute Gasteiger partial charge is 0.244 e. The van der Waals surface area contributed by atoms with Gasteiger partial charge in [0.1, 0.15) is 4.90 Å². The first-order chi connectivity index (χ1) is 9.42. The lowest BCUT2D eigenvalue weighted by Crippen LogP contribution is -2.27. The summed E-state index contributed by atoms with van der Waals surface area (Å²) in [6.07, 6.45) is 1.60. The minimum absolute atomic E-state index is 0.0817. The van der Waals surface area contributed by atoms with E-state index in [0.29, 0.717) is 5.69 Å². The van der Waals surface area contributed by atoms with Crippen molar-refractivity contribution >= 4 is 33.2 Å². The molecule has 1 unspecified atom stereocenters.